The van der Waals surface area contributed by atoms with Crippen molar-refractivity contribution in [3.8, 4) is 23.1 Å². The molecule has 29 heavy (non-hydrogen) atoms. The minimum atomic E-state index is -2.93. The van der Waals surface area contributed by atoms with E-state index in [4.69, 9.17) is 9.47 Å². The van der Waals surface area contributed by atoms with Crippen molar-refractivity contribution < 1.29 is 27.4 Å². The predicted molar refractivity (Wildman–Crippen MR) is 100 cm³/mol. The van der Waals surface area contributed by atoms with E-state index < -0.39 is 6.61 Å². The van der Waals surface area contributed by atoms with E-state index in [1.165, 1.54) is 36.5 Å². The van der Waals surface area contributed by atoms with Gasteiger partial charge in [-0.1, -0.05) is 6.07 Å². The lowest BCUT2D eigenvalue weighted by Crippen LogP contribution is -2.07. The molecule has 3 rings (SSSR count). The van der Waals surface area contributed by atoms with Gasteiger partial charge in [0.2, 0.25) is 11.8 Å². The van der Waals surface area contributed by atoms with Crippen LogP contribution in [-0.4, -0.2) is 23.2 Å². The molecule has 2 aromatic carbocycles. The van der Waals surface area contributed by atoms with Crippen molar-refractivity contribution in [2.45, 2.75) is 20.1 Å². The average molecular weight is 405 g/mol. The number of aromatic nitrogens is 2. The number of anilines is 1. The summed E-state index contributed by atoms with van der Waals surface area (Å²) in [6.07, 6.45) is 1.51. The Balaban J connectivity index is 1.66. The minimum absolute atomic E-state index is 0.0310. The largest absolute Gasteiger partial charge is 0.490 e. The van der Waals surface area contributed by atoms with E-state index in [1.54, 1.807) is 25.1 Å². The Morgan fingerprint density at radius 3 is 2.55 bits per heavy atom. The number of nitrogens with one attached hydrogen (secondary N) is 1. The molecule has 0 spiro atoms. The van der Waals surface area contributed by atoms with Gasteiger partial charge in [-0.15, -0.1) is 0 Å². The molecule has 6 nitrogen and oxygen atoms in total. The maximum atomic E-state index is 13.0. The standard InChI is InChI=1S/C20H18F3N3O3/c1-2-27-17-11-13(3-8-16(17)29-19(22)23)12-25-20-24-10-9-18(26-20)28-15-6-4-14(21)5-7-15/h3-11,19H,2,12H2,1H3,(H,24,25,26). The number of halogens is 3. The van der Waals surface area contributed by atoms with Gasteiger partial charge in [0.05, 0.1) is 6.61 Å². The van der Waals surface area contributed by atoms with Crippen LogP contribution in [0.3, 0.4) is 0 Å². The first-order chi connectivity index (χ1) is 14.0. The summed E-state index contributed by atoms with van der Waals surface area (Å²) in [5, 5.41) is 3.02. The van der Waals surface area contributed by atoms with Crippen LogP contribution >= 0.6 is 0 Å². The van der Waals surface area contributed by atoms with Crippen LogP contribution in [0.15, 0.2) is 54.7 Å². The highest BCUT2D eigenvalue weighted by Crippen LogP contribution is 2.30. The fraction of sp³-hybridized carbons (Fsp3) is 0.200. The van der Waals surface area contributed by atoms with Gasteiger partial charge in [0.1, 0.15) is 11.6 Å². The van der Waals surface area contributed by atoms with E-state index in [9.17, 15) is 13.2 Å². The van der Waals surface area contributed by atoms with Crippen LogP contribution in [-0.2, 0) is 6.54 Å². The highest BCUT2D eigenvalue weighted by molar-refractivity contribution is 5.44. The summed E-state index contributed by atoms with van der Waals surface area (Å²) < 4.78 is 53.3. The number of benzene rings is 2. The molecule has 0 atom stereocenters. The molecule has 1 N–H and O–H groups in total. The van der Waals surface area contributed by atoms with Gasteiger partial charge < -0.3 is 19.5 Å². The highest BCUT2D eigenvalue weighted by Gasteiger charge is 2.12. The molecule has 0 fully saturated rings. The minimum Gasteiger partial charge on any atom is -0.490 e. The van der Waals surface area contributed by atoms with Crippen molar-refractivity contribution in [1.82, 2.24) is 9.97 Å². The van der Waals surface area contributed by atoms with Gasteiger partial charge in [0, 0.05) is 18.8 Å². The lowest BCUT2D eigenvalue weighted by atomic mass is 10.2. The third-order valence-electron chi connectivity index (χ3n) is 3.64. The quantitative estimate of drug-likeness (QED) is 0.539. The van der Waals surface area contributed by atoms with Crippen LogP contribution in [0, 0.1) is 5.82 Å². The molecule has 0 saturated heterocycles. The first-order valence-electron chi connectivity index (χ1n) is 8.74. The van der Waals surface area contributed by atoms with Crippen LogP contribution in [0.4, 0.5) is 19.1 Å². The lowest BCUT2D eigenvalue weighted by Gasteiger charge is -2.13. The van der Waals surface area contributed by atoms with Gasteiger partial charge in [-0.2, -0.15) is 13.8 Å². The molecule has 0 radical (unpaired) electrons. The Morgan fingerprint density at radius 2 is 1.83 bits per heavy atom. The van der Waals surface area contributed by atoms with Crippen molar-refractivity contribution in [2.24, 2.45) is 0 Å². The van der Waals surface area contributed by atoms with Gasteiger partial charge in [-0.05, 0) is 48.9 Å². The van der Waals surface area contributed by atoms with E-state index in [-0.39, 0.29) is 23.2 Å². The normalized spacial score (nSPS) is 10.7. The number of alkyl halides is 2. The Labute approximate surface area is 165 Å². The fourth-order valence-electron chi connectivity index (χ4n) is 2.41. The second-order valence-electron chi connectivity index (χ2n) is 5.72. The van der Waals surface area contributed by atoms with Crippen LogP contribution in [0.2, 0.25) is 0 Å². The van der Waals surface area contributed by atoms with Crippen molar-refractivity contribution in [3.63, 3.8) is 0 Å². The average Bonchev–Trinajstić information content (AvgIpc) is 2.70. The molecule has 1 heterocycles. The van der Waals surface area contributed by atoms with E-state index in [0.717, 1.165) is 5.56 Å². The number of hydrogen-bond acceptors (Lipinski definition) is 6. The summed E-state index contributed by atoms with van der Waals surface area (Å²) in [5.74, 6) is 0.851. The van der Waals surface area contributed by atoms with E-state index >= 15 is 0 Å². The third kappa shape index (κ3) is 6.00. The van der Waals surface area contributed by atoms with E-state index in [1.807, 2.05) is 0 Å². The van der Waals surface area contributed by atoms with Crippen molar-refractivity contribution in [3.05, 3.63) is 66.1 Å². The van der Waals surface area contributed by atoms with Crippen LogP contribution < -0.4 is 19.5 Å². The summed E-state index contributed by atoms with van der Waals surface area (Å²) in [5.41, 5.74) is 0.753. The molecule has 0 aliphatic rings. The third-order valence-corrected chi connectivity index (χ3v) is 3.64. The van der Waals surface area contributed by atoms with Gasteiger partial charge in [0.15, 0.2) is 11.5 Å². The SMILES string of the molecule is CCOc1cc(CNc2nccc(Oc3ccc(F)cc3)n2)ccc1OC(F)F. The highest BCUT2D eigenvalue weighted by atomic mass is 19.3. The maximum Gasteiger partial charge on any atom is 0.387 e. The predicted octanol–water partition coefficient (Wildman–Crippen LogP) is 5.02. The van der Waals surface area contributed by atoms with Gasteiger partial charge in [0.25, 0.3) is 0 Å². The molecule has 0 aliphatic carbocycles. The number of ether oxygens (including phenoxy) is 3. The zero-order chi connectivity index (χ0) is 20.6. The Kier molecular flexibility index (Phi) is 6.72. The zero-order valence-corrected chi connectivity index (χ0v) is 15.4. The topological polar surface area (TPSA) is 65.5 Å². The Hall–Kier alpha value is -3.49. The van der Waals surface area contributed by atoms with Crippen molar-refractivity contribution in [1.29, 1.82) is 0 Å². The molecule has 0 saturated carbocycles. The second-order valence-corrected chi connectivity index (χ2v) is 5.72. The molecule has 0 aliphatic heterocycles. The molecular formula is C20H18F3N3O3. The molecular weight excluding hydrogens is 387 g/mol. The molecule has 9 heteroatoms. The summed E-state index contributed by atoms with van der Waals surface area (Å²) in [4.78, 5) is 8.34. The smallest absolute Gasteiger partial charge is 0.387 e. The fourth-order valence-corrected chi connectivity index (χ4v) is 2.41. The van der Waals surface area contributed by atoms with Gasteiger partial charge in [-0.25, -0.2) is 9.37 Å². The van der Waals surface area contributed by atoms with E-state index in [0.29, 0.717) is 24.8 Å². The van der Waals surface area contributed by atoms with Crippen LogP contribution in [0.1, 0.15) is 12.5 Å². The summed E-state index contributed by atoms with van der Waals surface area (Å²) in [6, 6.07) is 11.8. The van der Waals surface area contributed by atoms with Gasteiger partial charge >= 0.3 is 6.61 Å². The van der Waals surface area contributed by atoms with Crippen molar-refractivity contribution in [2.75, 3.05) is 11.9 Å². The molecule has 0 bridgehead atoms. The monoisotopic (exact) mass is 405 g/mol. The second kappa shape index (κ2) is 9.63. The number of rotatable bonds is 9. The Morgan fingerprint density at radius 1 is 1.03 bits per heavy atom. The van der Waals surface area contributed by atoms with Crippen molar-refractivity contribution >= 4 is 5.95 Å². The summed E-state index contributed by atoms with van der Waals surface area (Å²) >= 11 is 0. The molecule has 1 aromatic heterocycles. The molecule has 152 valence electrons. The first kappa shape index (κ1) is 20.2. The summed E-state index contributed by atoms with van der Waals surface area (Å²) in [7, 11) is 0. The first-order valence-corrected chi connectivity index (χ1v) is 8.74. The molecule has 0 unspecified atom stereocenters. The number of nitrogens with zero attached hydrogens (tertiary/aromatic N) is 2. The van der Waals surface area contributed by atoms with Crippen LogP contribution in [0.5, 0.6) is 23.1 Å². The van der Waals surface area contributed by atoms with E-state index in [2.05, 4.69) is 20.0 Å². The summed E-state index contributed by atoms with van der Waals surface area (Å²) in [6.45, 7) is -0.565. The maximum absolute atomic E-state index is 13.0. The van der Waals surface area contributed by atoms with Crippen LogP contribution in [0.25, 0.3) is 0 Å². The van der Waals surface area contributed by atoms with Gasteiger partial charge in [-0.3, -0.25) is 0 Å². The number of hydrogen-bond donors (Lipinski definition) is 1. The lowest BCUT2D eigenvalue weighted by molar-refractivity contribution is -0.0514. The Bertz CT molecular complexity index is 940. The molecule has 0 amide bonds. The zero-order valence-electron chi connectivity index (χ0n) is 15.4. The molecule has 3 aromatic rings.